The fourth-order valence-electron chi connectivity index (χ4n) is 2.44. The number of benzene rings is 2. The van der Waals surface area contributed by atoms with Crippen molar-refractivity contribution in [1.82, 2.24) is 20.1 Å². The summed E-state index contributed by atoms with van der Waals surface area (Å²) >= 11 is 0. The fourth-order valence-corrected chi connectivity index (χ4v) is 2.44. The van der Waals surface area contributed by atoms with E-state index in [9.17, 15) is 4.79 Å². The van der Waals surface area contributed by atoms with Crippen LogP contribution in [0.4, 0.5) is 5.69 Å². The Bertz CT molecular complexity index is 769. The van der Waals surface area contributed by atoms with Gasteiger partial charge in [-0.1, -0.05) is 30.3 Å². The number of likely N-dealkylation sites (N-methyl/N-ethyl adjacent to an activating group) is 1. The van der Waals surface area contributed by atoms with Gasteiger partial charge < -0.3 is 10.6 Å². The zero-order valence-corrected chi connectivity index (χ0v) is 13.4. The molecule has 2 aromatic carbocycles. The van der Waals surface area contributed by atoms with Crippen molar-refractivity contribution in [2.75, 3.05) is 12.4 Å². The van der Waals surface area contributed by atoms with E-state index in [4.69, 9.17) is 0 Å². The molecule has 0 unspecified atom stereocenters. The molecule has 1 atom stereocenters. The van der Waals surface area contributed by atoms with Crippen LogP contribution in [0.5, 0.6) is 0 Å². The minimum atomic E-state index is -0.289. The molecule has 122 valence electrons. The summed E-state index contributed by atoms with van der Waals surface area (Å²) < 4.78 is 1.66. The molecule has 0 bridgehead atoms. The van der Waals surface area contributed by atoms with E-state index in [1.807, 2.05) is 54.6 Å². The highest BCUT2D eigenvalue weighted by atomic mass is 16.2. The van der Waals surface area contributed by atoms with Crippen molar-refractivity contribution in [3.05, 3.63) is 72.8 Å². The van der Waals surface area contributed by atoms with Crippen molar-refractivity contribution >= 4 is 11.6 Å². The second kappa shape index (κ2) is 7.52. The topological polar surface area (TPSA) is 71.8 Å². The smallest absolute Gasteiger partial charge is 0.241 e. The molecule has 3 aromatic rings. The largest absolute Gasteiger partial charge is 0.325 e. The summed E-state index contributed by atoms with van der Waals surface area (Å²) in [6, 6.07) is 17.1. The summed E-state index contributed by atoms with van der Waals surface area (Å²) in [5.74, 6) is -0.0603. The Morgan fingerprint density at radius 3 is 2.50 bits per heavy atom. The van der Waals surface area contributed by atoms with E-state index in [1.54, 1.807) is 18.1 Å². The molecule has 6 nitrogen and oxygen atoms in total. The van der Waals surface area contributed by atoms with Crippen LogP contribution in [0.25, 0.3) is 5.69 Å². The number of nitrogens with zero attached hydrogens (tertiary/aromatic N) is 3. The van der Waals surface area contributed by atoms with Crippen molar-refractivity contribution in [3.8, 4) is 5.69 Å². The van der Waals surface area contributed by atoms with Gasteiger partial charge in [0.05, 0.1) is 11.7 Å². The van der Waals surface area contributed by atoms with Gasteiger partial charge in [-0.05, 0) is 43.3 Å². The number of aromatic nitrogens is 3. The molecular weight excluding hydrogens is 302 g/mol. The lowest BCUT2D eigenvalue weighted by Crippen LogP contribution is -2.40. The third-order valence-electron chi connectivity index (χ3n) is 3.77. The number of amides is 1. The zero-order valence-electron chi connectivity index (χ0n) is 13.4. The van der Waals surface area contributed by atoms with Gasteiger partial charge in [0.15, 0.2) is 0 Å². The van der Waals surface area contributed by atoms with Crippen molar-refractivity contribution in [1.29, 1.82) is 0 Å². The molecule has 0 spiro atoms. The number of hydrogen-bond donors (Lipinski definition) is 2. The van der Waals surface area contributed by atoms with Gasteiger partial charge in [0, 0.05) is 5.69 Å². The van der Waals surface area contributed by atoms with E-state index in [0.717, 1.165) is 16.9 Å². The summed E-state index contributed by atoms with van der Waals surface area (Å²) in [4.78, 5) is 16.4. The number of nitrogens with one attached hydrogen (secondary N) is 2. The Kier molecular flexibility index (Phi) is 4.98. The van der Waals surface area contributed by atoms with E-state index in [-0.39, 0.29) is 11.9 Å². The highest BCUT2D eigenvalue weighted by molar-refractivity contribution is 5.95. The van der Waals surface area contributed by atoms with Gasteiger partial charge in [-0.15, -0.1) is 0 Å². The first-order valence-corrected chi connectivity index (χ1v) is 7.73. The van der Waals surface area contributed by atoms with Gasteiger partial charge in [0.1, 0.15) is 12.7 Å². The van der Waals surface area contributed by atoms with Crippen molar-refractivity contribution in [2.24, 2.45) is 0 Å². The highest BCUT2D eigenvalue weighted by Gasteiger charge is 2.17. The first kappa shape index (κ1) is 15.9. The third-order valence-corrected chi connectivity index (χ3v) is 3.77. The van der Waals surface area contributed by atoms with Crippen LogP contribution >= 0.6 is 0 Å². The molecule has 1 heterocycles. The van der Waals surface area contributed by atoms with Gasteiger partial charge in [0.2, 0.25) is 5.91 Å². The lowest BCUT2D eigenvalue weighted by atomic mass is 10.1. The van der Waals surface area contributed by atoms with Crippen molar-refractivity contribution < 1.29 is 4.79 Å². The molecule has 0 aliphatic carbocycles. The molecule has 0 fully saturated rings. The Labute approximate surface area is 140 Å². The Hall–Kier alpha value is -2.99. The predicted octanol–water partition coefficient (Wildman–Crippen LogP) is 2.04. The van der Waals surface area contributed by atoms with Crippen LogP contribution in [0.15, 0.2) is 67.3 Å². The van der Waals surface area contributed by atoms with Crippen LogP contribution < -0.4 is 10.6 Å². The molecule has 0 aliphatic rings. The molecule has 0 saturated heterocycles. The zero-order chi connectivity index (χ0) is 16.8. The Morgan fingerprint density at radius 2 is 1.88 bits per heavy atom. The maximum absolute atomic E-state index is 12.5. The van der Waals surface area contributed by atoms with Crippen LogP contribution in [-0.2, 0) is 11.2 Å². The van der Waals surface area contributed by atoms with Crippen molar-refractivity contribution in [3.63, 3.8) is 0 Å². The van der Waals surface area contributed by atoms with Crippen LogP contribution in [0, 0.1) is 0 Å². The van der Waals surface area contributed by atoms with Crippen molar-refractivity contribution in [2.45, 2.75) is 12.5 Å². The minimum absolute atomic E-state index is 0.0603. The summed E-state index contributed by atoms with van der Waals surface area (Å²) in [6.07, 6.45) is 3.75. The van der Waals surface area contributed by atoms with E-state index in [0.29, 0.717) is 6.42 Å². The first-order chi connectivity index (χ1) is 11.8. The molecule has 1 amide bonds. The van der Waals surface area contributed by atoms with Crippen LogP contribution in [0.1, 0.15) is 5.56 Å². The number of rotatable bonds is 6. The molecule has 2 N–H and O–H groups in total. The number of anilines is 1. The molecule has 24 heavy (non-hydrogen) atoms. The molecule has 0 aliphatic heterocycles. The highest BCUT2D eigenvalue weighted by Crippen LogP contribution is 2.13. The molecule has 6 heteroatoms. The standard InChI is InChI=1S/C18H19N5O/c1-19-17(11-14-5-3-2-4-6-14)18(24)22-15-7-9-16(10-8-15)23-13-20-12-21-23/h2-10,12-13,17,19H,11H2,1H3,(H,22,24)/t17-/m0/s1. The van der Waals surface area contributed by atoms with E-state index >= 15 is 0 Å². The SMILES string of the molecule is CN[C@@H](Cc1ccccc1)C(=O)Nc1ccc(-n2cncn2)cc1. The molecule has 1 aromatic heterocycles. The van der Waals surface area contributed by atoms with Crippen LogP contribution in [0.3, 0.4) is 0 Å². The second-order valence-corrected chi connectivity index (χ2v) is 5.41. The average Bonchev–Trinajstić information content (AvgIpc) is 3.16. The van der Waals surface area contributed by atoms with E-state index < -0.39 is 0 Å². The lowest BCUT2D eigenvalue weighted by Gasteiger charge is -2.16. The molecule has 0 radical (unpaired) electrons. The summed E-state index contributed by atoms with van der Waals surface area (Å²) in [7, 11) is 1.79. The monoisotopic (exact) mass is 321 g/mol. The van der Waals surface area contributed by atoms with E-state index in [1.165, 1.54) is 6.33 Å². The van der Waals surface area contributed by atoms with Gasteiger partial charge in [-0.25, -0.2) is 9.67 Å². The van der Waals surface area contributed by atoms with Crippen LogP contribution in [0.2, 0.25) is 0 Å². The fraction of sp³-hybridized carbons (Fsp3) is 0.167. The molecule has 3 rings (SSSR count). The number of carbonyl (C=O) groups is 1. The first-order valence-electron chi connectivity index (χ1n) is 7.73. The predicted molar refractivity (Wildman–Crippen MR) is 93.0 cm³/mol. The molecular formula is C18H19N5O. The van der Waals surface area contributed by atoms with Gasteiger partial charge in [-0.3, -0.25) is 4.79 Å². The van der Waals surface area contributed by atoms with E-state index in [2.05, 4.69) is 20.7 Å². The van der Waals surface area contributed by atoms with Gasteiger partial charge >= 0.3 is 0 Å². The Morgan fingerprint density at radius 1 is 1.12 bits per heavy atom. The lowest BCUT2D eigenvalue weighted by molar-refractivity contribution is -0.118. The van der Waals surface area contributed by atoms with Gasteiger partial charge in [0.25, 0.3) is 0 Å². The van der Waals surface area contributed by atoms with Crippen LogP contribution in [-0.4, -0.2) is 33.8 Å². The third kappa shape index (κ3) is 3.85. The second-order valence-electron chi connectivity index (χ2n) is 5.41. The summed E-state index contributed by atoms with van der Waals surface area (Å²) in [5.41, 5.74) is 2.76. The summed E-state index contributed by atoms with van der Waals surface area (Å²) in [5, 5.41) is 10.1. The Balaban J connectivity index is 1.64. The maximum Gasteiger partial charge on any atom is 0.241 e. The minimum Gasteiger partial charge on any atom is -0.325 e. The average molecular weight is 321 g/mol. The quantitative estimate of drug-likeness (QED) is 0.729. The molecule has 0 saturated carbocycles. The normalized spacial score (nSPS) is 11.9. The van der Waals surface area contributed by atoms with Gasteiger partial charge in [-0.2, -0.15) is 5.10 Å². The number of carbonyl (C=O) groups excluding carboxylic acids is 1. The maximum atomic E-state index is 12.5. The summed E-state index contributed by atoms with van der Waals surface area (Å²) in [6.45, 7) is 0. The number of hydrogen-bond acceptors (Lipinski definition) is 4.